The largest absolute Gasteiger partial charge is 0.508 e. The fourth-order valence-corrected chi connectivity index (χ4v) is 6.92. The maximum Gasteiger partial charge on any atom is 0.188 e. The molecule has 0 spiro atoms. The molecule has 0 atom stereocenters. The van der Waals surface area contributed by atoms with Crippen molar-refractivity contribution in [2.75, 3.05) is 68.8 Å². The van der Waals surface area contributed by atoms with Crippen LogP contribution in [-0.2, 0) is 36.9 Å². The topological polar surface area (TPSA) is 217 Å². The predicted octanol–water partition coefficient (Wildman–Crippen LogP) is 14.3. The van der Waals surface area contributed by atoms with Gasteiger partial charge in [0.25, 0.3) is 0 Å². The predicted molar refractivity (Wildman–Crippen MR) is 319 cm³/mol. The van der Waals surface area contributed by atoms with Crippen molar-refractivity contribution in [3.8, 4) is 57.5 Å². The average Bonchev–Trinajstić information content (AvgIpc) is 4.14. The van der Waals surface area contributed by atoms with E-state index in [9.17, 15) is 14.7 Å². The third kappa shape index (κ3) is 27.8. The molecule has 1 fully saturated rings. The molecule has 0 saturated carbocycles. The Balaban J connectivity index is 0.000000510. The Morgan fingerprint density at radius 3 is 1.33 bits per heavy atom. The number of methoxy groups -OCH3 is 4. The summed E-state index contributed by atoms with van der Waals surface area (Å²) in [7, 11) is 6.00. The van der Waals surface area contributed by atoms with Crippen molar-refractivity contribution in [1.29, 1.82) is 0 Å². The summed E-state index contributed by atoms with van der Waals surface area (Å²) in [4.78, 5) is 21.9. The van der Waals surface area contributed by atoms with Crippen LogP contribution in [0.15, 0.2) is 140 Å². The first kappa shape index (κ1) is 73.2. The van der Waals surface area contributed by atoms with Crippen LogP contribution in [0.2, 0.25) is 25.1 Å². The fourth-order valence-electron chi connectivity index (χ4n) is 6.02. The van der Waals surface area contributed by atoms with E-state index in [2.05, 4.69) is 9.47 Å². The summed E-state index contributed by atoms with van der Waals surface area (Å²) in [6.07, 6.45) is 3.70. The van der Waals surface area contributed by atoms with Gasteiger partial charge in [0.15, 0.2) is 51.2 Å². The number of phenols is 4. The summed E-state index contributed by atoms with van der Waals surface area (Å²) in [6.45, 7) is 3.09. The number of halogens is 5. The lowest BCUT2D eigenvalue weighted by Gasteiger charge is -2.14. The van der Waals surface area contributed by atoms with Crippen LogP contribution < -0.4 is 28.4 Å². The molecule has 1 aliphatic heterocycles. The van der Waals surface area contributed by atoms with Crippen molar-refractivity contribution in [1.82, 2.24) is 0 Å². The number of ether oxygens (including phenoxy) is 11. The number of aromatic hydroxyl groups is 4. The first-order valence-corrected chi connectivity index (χ1v) is 25.7. The van der Waals surface area contributed by atoms with Crippen LogP contribution in [0.25, 0.3) is 0 Å². The Morgan fingerprint density at radius 2 is 0.866 bits per heavy atom. The highest BCUT2D eigenvalue weighted by molar-refractivity contribution is 6.33. The summed E-state index contributed by atoms with van der Waals surface area (Å²) in [5, 5.41) is 37.7. The van der Waals surface area contributed by atoms with E-state index in [1.165, 1.54) is 76.6 Å². The Morgan fingerprint density at radius 1 is 0.439 bits per heavy atom. The van der Waals surface area contributed by atoms with Gasteiger partial charge in [-0.3, -0.25) is 9.59 Å². The number of carbonyl (C=O) groups is 2. The molecule has 7 aromatic rings. The SMILES string of the molecule is C.C1CCOC1.COCOc1c(Cl)ccc(O)c1C=O.COCOc1c(Cl)ccc(OCc2ccccc2)c1C=O.COCOc1cc(O)ccc1Cl.COCOc1cc(OCc2ccccc2)ccc1Cl.Oc1ccc(Cl)c(O)c1.[B]. The normalized spacial score (nSPS) is 10.6. The van der Waals surface area contributed by atoms with Gasteiger partial charge >= 0.3 is 0 Å². The van der Waals surface area contributed by atoms with Crippen molar-refractivity contribution >= 4 is 79.0 Å². The molecule has 4 N–H and O–H groups in total. The molecule has 23 heteroatoms. The highest BCUT2D eigenvalue weighted by Crippen LogP contribution is 2.36. The van der Waals surface area contributed by atoms with Crippen molar-refractivity contribution in [3.05, 3.63) is 187 Å². The van der Waals surface area contributed by atoms with Gasteiger partial charge in [-0.05, 0) is 84.6 Å². The molecule has 0 bridgehead atoms. The molecule has 0 aromatic heterocycles. The van der Waals surface area contributed by atoms with Gasteiger partial charge < -0.3 is 72.5 Å². The van der Waals surface area contributed by atoms with Crippen LogP contribution in [0.5, 0.6) is 57.5 Å². The number of benzene rings is 7. The molecule has 0 unspecified atom stereocenters. The second-order valence-electron chi connectivity index (χ2n) is 15.7. The van der Waals surface area contributed by atoms with E-state index < -0.39 is 0 Å². The van der Waals surface area contributed by atoms with Crippen LogP contribution in [0.3, 0.4) is 0 Å². The van der Waals surface area contributed by atoms with Gasteiger partial charge in [-0.2, -0.15) is 0 Å². The summed E-state index contributed by atoms with van der Waals surface area (Å²) < 4.78 is 56.1. The molecule has 8 rings (SSSR count). The standard InChI is InChI=1S/C16H15ClO4.C15H15ClO3.C9H9ClO4.C8H9ClO3.C6H5ClO2.C4H8O.CH4.B/c1-19-11-21-16-13(9-18)15(8-7-14(16)17)20-10-12-5-3-2-4-6-12;1-17-11-19-15-9-13(7-8-14(15)16)18-10-12-5-3-2-4-6-12;1-13-5-14-9-6(4-11)8(12)3-2-7(9)10;1-11-5-12-8-4-6(10)2-3-7(8)9;7-5-2-1-4(8)3-6(5)9;1-2-4-5-3-1;;/h2-9H,10-11H2,1H3;2-9H,10-11H2,1H3;2-4,12H,5H2,1H3;2-4,10H,5H2,1H3;1-3,8-9H;1-4H2;1H4;. The molecular weight excluding hydrogens is 1170 g/mol. The quantitative estimate of drug-likeness (QED) is 0.0317. The van der Waals surface area contributed by atoms with Gasteiger partial charge in [-0.15, -0.1) is 0 Å². The number of hydrogen-bond donors (Lipinski definition) is 4. The average molecular weight is 1230 g/mol. The maximum atomic E-state index is 11.3. The smallest absolute Gasteiger partial charge is 0.188 e. The molecule has 17 nitrogen and oxygen atoms in total. The molecule has 3 radical (unpaired) electrons. The van der Waals surface area contributed by atoms with Crippen molar-refractivity contribution < 1.29 is 82.1 Å². The fraction of sp³-hybridized carbons (Fsp3) is 0.254. The van der Waals surface area contributed by atoms with Gasteiger partial charge in [-0.25, -0.2) is 0 Å². The molecule has 1 saturated heterocycles. The molecule has 82 heavy (non-hydrogen) atoms. The monoisotopic (exact) mass is 1230 g/mol. The third-order valence-electron chi connectivity index (χ3n) is 9.84. The van der Waals surface area contributed by atoms with E-state index in [1.807, 2.05) is 66.7 Å². The van der Waals surface area contributed by atoms with Crippen molar-refractivity contribution in [3.63, 3.8) is 0 Å². The summed E-state index contributed by atoms with van der Waals surface area (Å²) in [6, 6.07) is 39.5. The third-order valence-corrected chi connectivity index (χ3v) is 11.4. The second-order valence-corrected chi connectivity index (χ2v) is 17.8. The second kappa shape index (κ2) is 43.0. The molecule has 441 valence electrons. The molecular formula is C59H65BCl5O17. The van der Waals surface area contributed by atoms with Crippen LogP contribution in [0.4, 0.5) is 0 Å². The highest BCUT2D eigenvalue weighted by Gasteiger charge is 2.16. The number of hydrogen-bond acceptors (Lipinski definition) is 17. The first-order valence-electron chi connectivity index (χ1n) is 23.8. The molecule has 0 aliphatic carbocycles. The molecule has 7 aromatic carbocycles. The van der Waals surface area contributed by atoms with Crippen molar-refractivity contribution in [2.45, 2.75) is 33.5 Å². The zero-order chi connectivity index (χ0) is 58.5. The minimum Gasteiger partial charge on any atom is -0.508 e. The van der Waals surface area contributed by atoms with E-state index >= 15 is 0 Å². The van der Waals surface area contributed by atoms with E-state index in [-0.39, 0.29) is 98.7 Å². The lowest BCUT2D eigenvalue weighted by Crippen LogP contribution is -2.04. The Labute approximate surface area is 505 Å². The van der Waals surface area contributed by atoms with E-state index in [4.69, 9.17) is 116 Å². The zero-order valence-electron chi connectivity index (χ0n) is 44.6. The summed E-state index contributed by atoms with van der Waals surface area (Å²) >= 11 is 29.0. The van der Waals surface area contributed by atoms with Crippen LogP contribution >= 0.6 is 58.0 Å². The minimum atomic E-state index is -0.171. The van der Waals surface area contributed by atoms with Gasteiger partial charge in [0.05, 0.1) is 30.7 Å². The molecule has 0 amide bonds. The van der Waals surface area contributed by atoms with Gasteiger partial charge in [0, 0.05) is 68.3 Å². The van der Waals surface area contributed by atoms with Crippen LogP contribution in [0.1, 0.15) is 52.1 Å². The Kier molecular flexibility index (Phi) is 38.4. The van der Waals surface area contributed by atoms with Gasteiger partial charge in [-0.1, -0.05) is 126 Å². The lowest BCUT2D eigenvalue weighted by molar-refractivity contribution is 0.0501. The Bertz CT molecular complexity index is 2880. The summed E-state index contributed by atoms with van der Waals surface area (Å²) in [5.74, 6) is 2.34. The first-order chi connectivity index (χ1) is 38.7. The maximum absolute atomic E-state index is 11.3. The van der Waals surface area contributed by atoms with E-state index in [1.54, 1.807) is 37.4 Å². The number of rotatable bonds is 20. The molecule has 1 heterocycles. The van der Waals surface area contributed by atoms with E-state index in [0.717, 1.165) is 24.3 Å². The van der Waals surface area contributed by atoms with E-state index in [0.29, 0.717) is 63.9 Å². The summed E-state index contributed by atoms with van der Waals surface area (Å²) in [5.41, 5.74) is 2.41. The highest BCUT2D eigenvalue weighted by atomic mass is 35.5. The number of phenolic OH excluding ortho intramolecular Hbond substituents is 4. The van der Waals surface area contributed by atoms with Crippen LogP contribution in [-0.4, -0.2) is 110 Å². The van der Waals surface area contributed by atoms with Crippen LogP contribution in [0, 0.1) is 0 Å². The Hall–Kier alpha value is -6.81. The van der Waals surface area contributed by atoms with Crippen molar-refractivity contribution in [2.24, 2.45) is 0 Å². The number of carbonyl (C=O) groups excluding carboxylic acids is 2. The lowest BCUT2D eigenvalue weighted by atomic mass is 10.2. The van der Waals surface area contributed by atoms with Gasteiger partial charge in [0.2, 0.25) is 0 Å². The minimum absolute atomic E-state index is 0. The number of aldehydes is 2. The zero-order valence-corrected chi connectivity index (χ0v) is 48.3. The van der Waals surface area contributed by atoms with Gasteiger partial charge in [0.1, 0.15) is 64.8 Å². The molecule has 1 aliphatic rings.